The van der Waals surface area contributed by atoms with E-state index in [0.717, 1.165) is 46.2 Å². The van der Waals surface area contributed by atoms with Crippen molar-refractivity contribution < 1.29 is 14.3 Å². The lowest BCUT2D eigenvalue weighted by atomic mass is 9.95. The SMILES string of the molecule is COc1c(C)cnc(CN(C)C(=O)C2CCCN(C(=O)c3cccc4ccccc34)C2)c1C. The zero-order valence-electron chi connectivity index (χ0n) is 19.8. The number of methoxy groups -OCH3 is 1. The van der Waals surface area contributed by atoms with Crippen molar-refractivity contribution in [3.63, 3.8) is 0 Å². The van der Waals surface area contributed by atoms with Crippen LogP contribution in [0.1, 0.15) is 40.0 Å². The molecule has 1 aromatic heterocycles. The van der Waals surface area contributed by atoms with Gasteiger partial charge in [0.15, 0.2) is 0 Å². The molecule has 1 fully saturated rings. The van der Waals surface area contributed by atoms with Crippen LogP contribution < -0.4 is 4.74 Å². The van der Waals surface area contributed by atoms with Crippen LogP contribution in [0.15, 0.2) is 48.7 Å². The number of likely N-dealkylation sites (tertiary alicyclic amines) is 1. The molecule has 1 saturated heterocycles. The molecule has 1 aliphatic rings. The molecule has 6 nitrogen and oxygen atoms in total. The van der Waals surface area contributed by atoms with Crippen molar-refractivity contribution in [1.29, 1.82) is 0 Å². The Kier molecular flexibility index (Phi) is 6.63. The number of hydrogen-bond donors (Lipinski definition) is 0. The van der Waals surface area contributed by atoms with E-state index in [4.69, 9.17) is 4.74 Å². The summed E-state index contributed by atoms with van der Waals surface area (Å²) < 4.78 is 5.50. The first-order chi connectivity index (χ1) is 15.9. The Morgan fingerprint density at radius 1 is 1.15 bits per heavy atom. The van der Waals surface area contributed by atoms with Gasteiger partial charge in [-0.15, -0.1) is 0 Å². The molecule has 4 rings (SSSR count). The number of benzene rings is 2. The first-order valence-corrected chi connectivity index (χ1v) is 11.4. The van der Waals surface area contributed by atoms with E-state index in [0.29, 0.717) is 25.2 Å². The van der Waals surface area contributed by atoms with E-state index in [1.165, 1.54) is 0 Å². The molecule has 0 saturated carbocycles. The fourth-order valence-corrected chi connectivity index (χ4v) is 4.79. The number of aromatic nitrogens is 1. The molecule has 0 bridgehead atoms. The third kappa shape index (κ3) is 4.56. The number of nitrogens with zero attached hydrogens (tertiary/aromatic N) is 3. The summed E-state index contributed by atoms with van der Waals surface area (Å²) in [5.41, 5.74) is 3.45. The van der Waals surface area contributed by atoms with Crippen molar-refractivity contribution in [2.75, 3.05) is 27.2 Å². The smallest absolute Gasteiger partial charge is 0.254 e. The van der Waals surface area contributed by atoms with Crippen LogP contribution in [-0.2, 0) is 11.3 Å². The summed E-state index contributed by atoms with van der Waals surface area (Å²) in [6.45, 7) is 5.45. The third-order valence-electron chi connectivity index (χ3n) is 6.59. The molecule has 2 amide bonds. The van der Waals surface area contributed by atoms with Gasteiger partial charge in [-0.1, -0.05) is 36.4 Å². The number of ether oxygens (including phenoxy) is 1. The first kappa shape index (κ1) is 22.8. The van der Waals surface area contributed by atoms with E-state index >= 15 is 0 Å². The summed E-state index contributed by atoms with van der Waals surface area (Å²) in [5, 5.41) is 1.99. The number of amides is 2. The molecule has 172 valence electrons. The van der Waals surface area contributed by atoms with Gasteiger partial charge in [0, 0.05) is 43.0 Å². The number of carbonyl (C=O) groups is 2. The van der Waals surface area contributed by atoms with Gasteiger partial charge in [0.25, 0.3) is 5.91 Å². The minimum Gasteiger partial charge on any atom is -0.496 e. The fourth-order valence-electron chi connectivity index (χ4n) is 4.79. The van der Waals surface area contributed by atoms with E-state index in [1.54, 1.807) is 25.3 Å². The minimum atomic E-state index is -0.213. The Bertz CT molecular complexity index is 1190. The predicted molar refractivity (Wildman–Crippen MR) is 129 cm³/mol. The zero-order chi connectivity index (χ0) is 23.5. The maximum atomic E-state index is 13.4. The molecule has 6 heteroatoms. The van der Waals surface area contributed by atoms with Crippen molar-refractivity contribution in [3.8, 4) is 5.75 Å². The zero-order valence-corrected chi connectivity index (χ0v) is 19.8. The molecule has 2 aromatic carbocycles. The van der Waals surface area contributed by atoms with Crippen LogP contribution in [0, 0.1) is 19.8 Å². The number of rotatable bonds is 5. The number of pyridine rings is 1. The average Bonchev–Trinajstić information content (AvgIpc) is 2.85. The molecular weight excluding hydrogens is 414 g/mol. The maximum Gasteiger partial charge on any atom is 0.254 e. The molecule has 1 atom stereocenters. The Balaban J connectivity index is 1.48. The lowest BCUT2D eigenvalue weighted by Gasteiger charge is -2.34. The summed E-state index contributed by atoms with van der Waals surface area (Å²) in [7, 11) is 3.46. The Hall–Kier alpha value is -3.41. The second kappa shape index (κ2) is 9.61. The highest BCUT2D eigenvalue weighted by Crippen LogP contribution is 2.27. The molecule has 1 unspecified atom stereocenters. The molecule has 3 aromatic rings. The van der Waals surface area contributed by atoms with Gasteiger partial charge in [-0.05, 0) is 43.5 Å². The van der Waals surface area contributed by atoms with Crippen molar-refractivity contribution in [1.82, 2.24) is 14.8 Å². The van der Waals surface area contributed by atoms with Gasteiger partial charge in [0.1, 0.15) is 5.75 Å². The lowest BCUT2D eigenvalue weighted by Crippen LogP contribution is -2.45. The lowest BCUT2D eigenvalue weighted by molar-refractivity contribution is -0.136. The molecule has 0 radical (unpaired) electrons. The average molecular weight is 446 g/mol. The van der Waals surface area contributed by atoms with Gasteiger partial charge in [0.2, 0.25) is 5.91 Å². The summed E-state index contributed by atoms with van der Waals surface area (Å²) in [6, 6.07) is 13.7. The van der Waals surface area contributed by atoms with Gasteiger partial charge in [-0.25, -0.2) is 0 Å². The van der Waals surface area contributed by atoms with Crippen LogP contribution in [0.4, 0.5) is 0 Å². The summed E-state index contributed by atoms with van der Waals surface area (Å²) in [4.78, 5) is 34.7. The van der Waals surface area contributed by atoms with E-state index < -0.39 is 0 Å². The number of hydrogen-bond acceptors (Lipinski definition) is 4. The highest BCUT2D eigenvalue weighted by atomic mass is 16.5. The van der Waals surface area contributed by atoms with Gasteiger partial charge in [-0.3, -0.25) is 14.6 Å². The van der Waals surface area contributed by atoms with E-state index in [9.17, 15) is 9.59 Å². The standard InChI is InChI=1S/C27H31N3O3/c1-18-15-28-24(19(2)25(18)33-4)17-29(3)26(31)21-11-8-14-30(16-21)27(32)23-13-7-10-20-9-5-6-12-22(20)23/h5-7,9-10,12-13,15,21H,8,11,14,16-17H2,1-4H3. The minimum absolute atomic E-state index is 0.00673. The Morgan fingerprint density at radius 2 is 1.91 bits per heavy atom. The van der Waals surface area contributed by atoms with E-state index in [-0.39, 0.29) is 17.7 Å². The summed E-state index contributed by atoms with van der Waals surface area (Å²) >= 11 is 0. The van der Waals surface area contributed by atoms with Crippen LogP contribution >= 0.6 is 0 Å². The maximum absolute atomic E-state index is 13.4. The van der Waals surface area contributed by atoms with Gasteiger partial charge < -0.3 is 14.5 Å². The molecular formula is C27H31N3O3. The predicted octanol–water partition coefficient (Wildman–Crippen LogP) is 4.37. The van der Waals surface area contributed by atoms with Gasteiger partial charge in [0.05, 0.1) is 25.3 Å². The van der Waals surface area contributed by atoms with Crippen molar-refractivity contribution in [2.24, 2.45) is 5.92 Å². The van der Waals surface area contributed by atoms with Crippen LogP contribution in [0.25, 0.3) is 10.8 Å². The number of carbonyl (C=O) groups excluding carboxylic acids is 2. The second-order valence-corrected chi connectivity index (χ2v) is 8.86. The Morgan fingerprint density at radius 3 is 2.70 bits per heavy atom. The summed E-state index contributed by atoms with van der Waals surface area (Å²) in [5.74, 6) is 0.639. The van der Waals surface area contributed by atoms with Crippen molar-refractivity contribution >= 4 is 22.6 Å². The number of aryl methyl sites for hydroxylation is 1. The summed E-state index contributed by atoms with van der Waals surface area (Å²) in [6.07, 6.45) is 3.38. The van der Waals surface area contributed by atoms with Crippen LogP contribution in [0.5, 0.6) is 5.75 Å². The number of piperidine rings is 1. The third-order valence-corrected chi connectivity index (χ3v) is 6.59. The number of fused-ring (bicyclic) bond motifs is 1. The van der Waals surface area contributed by atoms with Gasteiger partial charge in [-0.2, -0.15) is 0 Å². The highest BCUT2D eigenvalue weighted by Gasteiger charge is 2.31. The molecule has 2 heterocycles. The largest absolute Gasteiger partial charge is 0.496 e. The normalized spacial score (nSPS) is 16.0. The van der Waals surface area contributed by atoms with E-state index in [1.807, 2.05) is 61.2 Å². The highest BCUT2D eigenvalue weighted by molar-refractivity contribution is 6.07. The van der Waals surface area contributed by atoms with Crippen molar-refractivity contribution in [2.45, 2.75) is 33.2 Å². The first-order valence-electron chi connectivity index (χ1n) is 11.4. The van der Waals surface area contributed by atoms with Crippen LogP contribution in [0.3, 0.4) is 0 Å². The fraction of sp³-hybridized carbons (Fsp3) is 0.370. The molecule has 0 aliphatic carbocycles. The second-order valence-electron chi connectivity index (χ2n) is 8.86. The van der Waals surface area contributed by atoms with Crippen molar-refractivity contribution in [3.05, 3.63) is 71.0 Å². The van der Waals surface area contributed by atoms with Gasteiger partial charge >= 0.3 is 0 Å². The van der Waals surface area contributed by atoms with Crippen LogP contribution in [-0.4, -0.2) is 53.8 Å². The topological polar surface area (TPSA) is 62.7 Å². The Labute approximate surface area is 195 Å². The molecule has 33 heavy (non-hydrogen) atoms. The molecule has 1 aliphatic heterocycles. The quantitative estimate of drug-likeness (QED) is 0.585. The van der Waals surface area contributed by atoms with Crippen LogP contribution in [0.2, 0.25) is 0 Å². The monoisotopic (exact) mass is 445 g/mol. The molecule has 0 spiro atoms. The van der Waals surface area contributed by atoms with E-state index in [2.05, 4.69) is 4.98 Å². The molecule has 0 N–H and O–H groups in total.